The molecule has 2 aliphatic carbocycles. The van der Waals surface area contributed by atoms with Crippen molar-refractivity contribution in [2.45, 2.75) is 37.4 Å². The summed E-state index contributed by atoms with van der Waals surface area (Å²) in [6.45, 7) is 3.92. The first-order chi connectivity index (χ1) is 12.9. The van der Waals surface area contributed by atoms with E-state index in [1.165, 1.54) is 3.97 Å². The van der Waals surface area contributed by atoms with Crippen LogP contribution in [0.15, 0.2) is 54.8 Å². The molecule has 0 N–H and O–H groups in total. The smallest absolute Gasteiger partial charge is 0.309 e. The lowest BCUT2D eigenvalue weighted by Gasteiger charge is -2.27. The summed E-state index contributed by atoms with van der Waals surface area (Å²) in [6, 6.07) is 7.63. The summed E-state index contributed by atoms with van der Waals surface area (Å²) in [5.41, 5.74) is 1.64. The van der Waals surface area contributed by atoms with E-state index < -0.39 is 14.8 Å². The van der Waals surface area contributed by atoms with Gasteiger partial charge in [0.25, 0.3) is 0 Å². The van der Waals surface area contributed by atoms with Crippen LogP contribution in [0.25, 0.3) is 10.9 Å². The Hall–Kier alpha value is -2.34. The van der Waals surface area contributed by atoms with E-state index in [0.717, 1.165) is 17.4 Å². The van der Waals surface area contributed by atoms with Crippen molar-refractivity contribution in [2.24, 2.45) is 5.92 Å². The number of carbonyl (C=O) groups is 1. The molecule has 1 saturated carbocycles. The average molecular weight is 385 g/mol. The lowest BCUT2D eigenvalue weighted by atomic mass is 10.0. The number of carbonyl (C=O) groups excluding carboxylic acids is 1. The molecule has 1 fully saturated rings. The Kier molecular flexibility index (Phi) is 4.26. The first-order valence-electron chi connectivity index (χ1n) is 9.24. The first kappa shape index (κ1) is 18.0. The van der Waals surface area contributed by atoms with Crippen LogP contribution in [0.3, 0.4) is 0 Å². The summed E-state index contributed by atoms with van der Waals surface area (Å²) in [4.78, 5) is 11.9. The average Bonchev–Trinajstić information content (AvgIpc) is 3.34. The Balaban J connectivity index is 1.71. The monoisotopic (exact) mass is 385 g/mol. The second kappa shape index (κ2) is 6.37. The SMILES string of the molecule is CCOC(=O)[C@@H]1C[C@H]1c1ccc2ccn(S(=O)(=O)C3(C)C=CC=CC3)c2c1. The van der Waals surface area contributed by atoms with E-state index in [1.54, 1.807) is 32.2 Å². The van der Waals surface area contributed by atoms with Gasteiger partial charge in [-0.25, -0.2) is 12.4 Å². The standard InChI is InChI=1S/C21H23NO4S/c1-3-26-20(23)18-14-17(18)16-8-7-15-9-12-22(19(15)13-16)27(24,25)21(2)10-5-4-6-11-21/h4-10,12-13,17-18H,3,11,14H2,1-2H3/t17-,18+,21?/m0/s1. The minimum Gasteiger partial charge on any atom is -0.466 e. The number of aromatic nitrogens is 1. The molecule has 0 amide bonds. The number of hydrogen-bond acceptors (Lipinski definition) is 4. The Morgan fingerprint density at radius 1 is 1.30 bits per heavy atom. The molecule has 0 aliphatic heterocycles. The lowest BCUT2D eigenvalue weighted by molar-refractivity contribution is -0.144. The van der Waals surface area contributed by atoms with E-state index in [2.05, 4.69) is 0 Å². The molecule has 1 unspecified atom stereocenters. The molecule has 0 radical (unpaired) electrons. The Bertz CT molecular complexity index is 1060. The minimum atomic E-state index is -3.62. The van der Waals surface area contributed by atoms with Crippen LogP contribution in [0.5, 0.6) is 0 Å². The maximum atomic E-state index is 13.3. The van der Waals surface area contributed by atoms with Gasteiger partial charge in [-0.3, -0.25) is 4.79 Å². The fraction of sp³-hybridized carbons (Fsp3) is 0.381. The van der Waals surface area contributed by atoms with E-state index in [9.17, 15) is 13.2 Å². The predicted molar refractivity (Wildman–Crippen MR) is 105 cm³/mol. The molecule has 3 atom stereocenters. The molecule has 0 bridgehead atoms. The zero-order valence-corrected chi connectivity index (χ0v) is 16.3. The summed E-state index contributed by atoms with van der Waals surface area (Å²) in [6.07, 6.45) is 10.1. The van der Waals surface area contributed by atoms with Gasteiger partial charge in [0.05, 0.1) is 18.0 Å². The van der Waals surface area contributed by atoms with Gasteiger partial charge in [0, 0.05) is 11.6 Å². The fourth-order valence-electron chi connectivity index (χ4n) is 3.76. The highest BCUT2D eigenvalue weighted by molar-refractivity contribution is 7.91. The van der Waals surface area contributed by atoms with Gasteiger partial charge in [0.1, 0.15) is 4.75 Å². The Morgan fingerprint density at radius 2 is 2.11 bits per heavy atom. The second-order valence-corrected chi connectivity index (χ2v) is 9.72. The predicted octanol–water partition coefficient (Wildman–Crippen LogP) is 3.76. The topological polar surface area (TPSA) is 65.4 Å². The third kappa shape index (κ3) is 2.92. The first-order valence-corrected chi connectivity index (χ1v) is 10.7. The molecule has 142 valence electrons. The molecule has 1 aromatic heterocycles. The van der Waals surface area contributed by atoms with Crippen LogP contribution in [0.2, 0.25) is 0 Å². The molecule has 0 saturated heterocycles. The van der Waals surface area contributed by atoms with Crippen molar-refractivity contribution in [3.05, 3.63) is 60.3 Å². The highest BCUT2D eigenvalue weighted by Gasteiger charge is 2.45. The molecule has 27 heavy (non-hydrogen) atoms. The second-order valence-electron chi connectivity index (χ2n) is 7.44. The largest absolute Gasteiger partial charge is 0.466 e. The Morgan fingerprint density at radius 3 is 2.81 bits per heavy atom. The number of esters is 1. The van der Waals surface area contributed by atoms with Gasteiger partial charge < -0.3 is 4.74 Å². The van der Waals surface area contributed by atoms with Crippen molar-refractivity contribution in [1.29, 1.82) is 0 Å². The molecule has 2 aromatic rings. The zero-order valence-electron chi connectivity index (χ0n) is 15.5. The summed E-state index contributed by atoms with van der Waals surface area (Å²) in [5, 5.41) is 0.870. The quantitative estimate of drug-likeness (QED) is 0.735. The molecule has 0 spiro atoms. The van der Waals surface area contributed by atoms with Crippen molar-refractivity contribution < 1.29 is 17.9 Å². The van der Waals surface area contributed by atoms with Crippen molar-refractivity contribution in [3.63, 3.8) is 0 Å². The normalized spacial score (nSPS) is 27.0. The molecule has 4 rings (SSSR count). The summed E-state index contributed by atoms with van der Waals surface area (Å²) in [7, 11) is -3.62. The van der Waals surface area contributed by atoms with Crippen LogP contribution in [0, 0.1) is 5.92 Å². The highest BCUT2D eigenvalue weighted by atomic mass is 32.2. The molecular weight excluding hydrogens is 362 g/mol. The van der Waals surface area contributed by atoms with Crippen LogP contribution >= 0.6 is 0 Å². The van der Waals surface area contributed by atoms with Gasteiger partial charge >= 0.3 is 5.97 Å². The lowest BCUT2D eigenvalue weighted by Crippen LogP contribution is -2.37. The number of fused-ring (bicyclic) bond motifs is 1. The maximum Gasteiger partial charge on any atom is 0.309 e. The van der Waals surface area contributed by atoms with E-state index in [0.29, 0.717) is 18.5 Å². The van der Waals surface area contributed by atoms with Crippen LogP contribution in [-0.4, -0.2) is 29.7 Å². The zero-order chi connectivity index (χ0) is 19.2. The molecule has 6 heteroatoms. The third-order valence-corrected chi connectivity index (χ3v) is 7.87. The highest BCUT2D eigenvalue weighted by Crippen LogP contribution is 2.48. The van der Waals surface area contributed by atoms with Crippen LogP contribution in [0.4, 0.5) is 0 Å². The van der Waals surface area contributed by atoms with Crippen LogP contribution in [0.1, 0.15) is 38.2 Å². The number of ether oxygens (including phenoxy) is 1. The van der Waals surface area contributed by atoms with Crippen molar-refractivity contribution >= 4 is 26.9 Å². The number of rotatable bonds is 5. The van der Waals surface area contributed by atoms with Gasteiger partial charge in [-0.15, -0.1) is 0 Å². The van der Waals surface area contributed by atoms with Gasteiger partial charge in [0.2, 0.25) is 10.0 Å². The molecule has 2 aliphatic rings. The van der Waals surface area contributed by atoms with Crippen molar-refractivity contribution in [3.8, 4) is 0 Å². The van der Waals surface area contributed by atoms with Gasteiger partial charge in [-0.05, 0) is 50.3 Å². The summed E-state index contributed by atoms with van der Waals surface area (Å²) >= 11 is 0. The third-order valence-electron chi connectivity index (χ3n) is 5.56. The van der Waals surface area contributed by atoms with E-state index >= 15 is 0 Å². The fourth-order valence-corrected chi connectivity index (χ4v) is 5.40. The number of allylic oxidation sites excluding steroid dienone is 3. The number of benzene rings is 1. The van der Waals surface area contributed by atoms with E-state index in [1.807, 2.05) is 36.4 Å². The molecule has 1 aromatic carbocycles. The Labute approximate surface area is 159 Å². The van der Waals surface area contributed by atoms with E-state index in [4.69, 9.17) is 4.74 Å². The number of nitrogens with zero attached hydrogens (tertiary/aromatic N) is 1. The van der Waals surface area contributed by atoms with Gasteiger partial charge in [0.15, 0.2) is 0 Å². The van der Waals surface area contributed by atoms with Crippen LogP contribution < -0.4 is 0 Å². The maximum absolute atomic E-state index is 13.3. The van der Waals surface area contributed by atoms with Crippen molar-refractivity contribution in [1.82, 2.24) is 3.97 Å². The van der Waals surface area contributed by atoms with Crippen molar-refractivity contribution in [2.75, 3.05) is 6.61 Å². The van der Waals surface area contributed by atoms with E-state index in [-0.39, 0.29) is 17.8 Å². The minimum absolute atomic E-state index is 0.104. The summed E-state index contributed by atoms with van der Waals surface area (Å²) in [5.74, 6) is -0.184. The molecule has 5 nitrogen and oxygen atoms in total. The van der Waals surface area contributed by atoms with Crippen LogP contribution in [-0.2, 0) is 19.6 Å². The molecule has 1 heterocycles. The summed E-state index contributed by atoms with van der Waals surface area (Å²) < 4.78 is 32.2. The number of hydrogen-bond donors (Lipinski definition) is 0. The van der Waals surface area contributed by atoms with Gasteiger partial charge in [-0.2, -0.15) is 0 Å². The van der Waals surface area contributed by atoms with Gasteiger partial charge in [-0.1, -0.05) is 36.4 Å². The molecular formula is C21H23NO4S.